The molecule has 0 bridgehead atoms. The smallest absolute Gasteiger partial charge is 0.256 e. The monoisotopic (exact) mass is 261 g/mol. The summed E-state index contributed by atoms with van der Waals surface area (Å²) >= 11 is 0. The molecule has 0 aromatic carbocycles. The highest BCUT2D eigenvalue weighted by Crippen LogP contribution is 2.14. The van der Waals surface area contributed by atoms with E-state index in [4.69, 9.17) is 0 Å². The first-order valence-corrected chi connectivity index (χ1v) is 6.53. The van der Waals surface area contributed by atoms with Crippen LogP contribution in [0.25, 0.3) is 0 Å². The van der Waals surface area contributed by atoms with Gasteiger partial charge in [-0.2, -0.15) is 0 Å². The maximum absolute atomic E-state index is 12.5. The number of carbonyl (C=O) groups is 2. The Morgan fingerprint density at radius 3 is 2.84 bits per heavy atom. The SMILES string of the molecule is Cc1ccc(C(=O)N2CCCNC(=O)C2C)c(C)n1. The molecule has 1 unspecified atom stereocenters. The minimum atomic E-state index is -0.435. The van der Waals surface area contributed by atoms with Gasteiger partial charge in [0.05, 0.1) is 11.3 Å². The molecule has 1 saturated heterocycles. The molecule has 1 fully saturated rings. The summed E-state index contributed by atoms with van der Waals surface area (Å²) < 4.78 is 0. The zero-order valence-electron chi connectivity index (χ0n) is 11.6. The molecule has 0 saturated carbocycles. The molecule has 19 heavy (non-hydrogen) atoms. The Bertz CT molecular complexity index is 513. The van der Waals surface area contributed by atoms with Gasteiger partial charge in [0, 0.05) is 18.8 Å². The van der Waals surface area contributed by atoms with Crippen molar-refractivity contribution in [3.05, 3.63) is 29.1 Å². The molecular weight excluding hydrogens is 242 g/mol. The van der Waals surface area contributed by atoms with E-state index in [2.05, 4.69) is 10.3 Å². The van der Waals surface area contributed by atoms with Gasteiger partial charge in [0.25, 0.3) is 5.91 Å². The van der Waals surface area contributed by atoms with Crippen molar-refractivity contribution in [1.29, 1.82) is 0 Å². The molecule has 1 N–H and O–H groups in total. The third-order valence-corrected chi connectivity index (χ3v) is 3.44. The van der Waals surface area contributed by atoms with Crippen molar-refractivity contribution in [1.82, 2.24) is 15.2 Å². The maximum Gasteiger partial charge on any atom is 0.256 e. The van der Waals surface area contributed by atoms with E-state index in [1.54, 1.807) is 17.9 Å². The average molecular weight is 261 g/mol. The molecule has 1 atom stereocenters. The molecular formula is C14H19N3O2. The minimum absolute atomic E-state index is 0.0939. The molecule has 2 amide bonds. The van der Waals surface area contributed by atoms with E-state index in [0.717, 1.165) is 12.1 Å². The fourth-order valence-electron chi connectivity index (χ4n) is 2.29. The Labute approximate surface area is 113 Å². The van der Waals surface area contributed by atoms with Gasteiger partial charge >= 0.3 is 0 Å². The first-order chi connectivity index (χ1) is 9.00. The predicted octanol–water partition coefficient (Wildman–Crippen LogP) is 1.05. The molecule has 102 valence electrons. The summed E-state index contributed by atoms with van der Waals surface area (Å²) in [7, 11) is 0. The molecule has 0 aliphatic carbocycles. The summed E-state index contributed by atoms with van der Waals surface area (Å²) in [6, 6.07) is 3.17. The highest BCUT2D eigenvalue weighted by Gasteiger charge is 2.29. The Morgan fingerprint density at radius 2 is 2.16 bits per heavy atom. The lowest BCUT2D eigenvalue weighted by atomic mass is 10.1. The third kappa shape index (κ3) is 2.75. The average Bonchev–Trinajstić information content (AvgIpc) is 2.52. The van der Waals surface area contributed by atoms with Crippen LogP contribution in [0.2, 0.25) is 0 Å². The lowest BCUT2D eigenvalue weighted by Crippen LogP contribution is -2.45. The van der Waals surface area contributed by atoms with Gasteiger partial charge in [0.2, 0.25) is 5.91 Å². The zero-order chi connectivity index (χ0) is 14.0. The first kappa shape index (κ1) is 13.5. The van der Waals surface area contributed by atoms with Gasteiger partial charge in [0.1, 0.15) is 6.04 Å². The Kier molecular flexibility index (Phi) is 3.83. The normalized spacial score (nSPS) is 19.8. The van der Waals surface area contributed by atoms with Crippen LogP contribution < -0.4 is 5.32 Å². The topological polar surface area (TPSA) is 62.3 Å². The van der Waals surface area contributed by atoms with Gasteiger partial charge in [-0.1, -0.05) is 0 Å². The van der Waals surface area contributed by atoms with E-state index < -0.39 is 6.04 Å². The number of carbonyl (C=O) groups excluding carboxylic acids is 2. The van der Waals surface area contributed by atoms with Crippen molar-refractivity contribution in [2.75, 3.05) is 13.1 Å². The molecule has 1 aromatic rings. The second-order valence-corrected chi connectivity index (χ2v) is 4.90. The van der Waals surface area contributed by atoms with Crippen LogP contribution in [0, 0.1) is 13.8 Å². The molecule has 2 rings (SSSR count). The van der Waals surface area contributed by atoms with E-state index in [-0.39, 0.29) is 11.8 Å². The Morgan fingerprint density at radius 1 is 1.42 bits per heavy atom. The van der Waals surface area contributed by atoms with Crippen molar-refractivity contribution >= 4 is 11.8 Å². The highest BCUT2D eigenvalue weighted by atomic mass is 16.2. The minimum Gasteiger partial charge on any atom is -0.354 e. The largest absolute Gasteiger partial charge is 0.354 e. The van der Waals surface area contributed by atoms with Gasteiger partial charge < -0.3 is 10.2 Å². The molecule has 1 aliphatic rings. The van der Waals surface area contributed by atoms with Gasteiger partial charge in [-0.15, -0.1) is 0 Å². The lowest BCUT2D eigenvalue weighted by Gasteiger charge is -2.26. The molecule has 0 radical (unpaired) electrons. The third-order valence-electron chi connectivity index (χ3n) is 3.44. The van der Waals surface area contributed by atoms with E-state index in [9.17, 15) is 9.59 Å². The van der Waals surface area contributed by atoms with E-state index >= 15 is 0 Å². The molecule has 5 heteroatoms. The van der Waals surface area contributed by atoms with Gasteiger partial charge in [-0.25, -0.2) is 0 Å². The maximum atomic E-state index is 12.5. The van der Waals surface area contributed by atoms with Crippen LogP contribution >= 0.6 is 0 Å². The quantitative estimate of drug-likeness (QED) is 0.822. The molecule has 5 nitrogen and oxygen atoms in total. The molecule has 1 aliphatic heterocycles. The second kappa shape index (κ2) is 5.38. The number of aromatic nitrogens is 1. The van der Waals surface area contributed by atoms with Crippen molar-refractivity contribution in [3.8, 4) is 0 Å². The molecule has 2 heterocycles. The highest BCUT2D eigenvalue weighted by molar-refractivity contribution is 5.98. The van der Waals surface area contributed by atoms with Crippen LogP contribution in [0.3, 0.4) is 0 Å². The van der Waals surface area contributed by atoms with Gasteiger partial charge in [-0.05, 0) is 39.3 Å². The van der Waals surface area contributed by atoms with Crippen LogP contribution in [-0.2, 0) is 4.79 Å². The fraction of sp³-hybridized carbons (Fsp3) is 0.500. The van der Waals surface area contributed by atoms with Crippen LogP contribution in [0.15, 0.2) is 12.1 Å². The summed E-state index contributed by atoms with van der Waals surface area (Å²) in [6.07, 6.45) is 0.778. The van der Waals surface area contributed by atoms with Gasteiger partial charge in [-0.3, -0.25) is 14.6 Å². The van der Waals surface area contributed by atoms with Crippen LogP contribution in [0.1, 0.15) is 35.1 Å². The summed E-state index contributed by atoms with van der Waals surface area (Å²) in [4.78, 5) is 30.3. The van der Waals surface area contributed by atoms with Crippen molar-refractivity contribution in [3.63, 3.8) is 0 Å². The van der Waals surface area contributed by atoms with E-state index in [0.29, 0.717) is 24.3 Å². The number of nitrogens with zero attached hydrogens (tertiary/aromatic N) is 2. The Balaban J connectivity index is 2.29. The van der Waals surface area contributed by atoms with Crippen molar-refractivity contribution < 1.29 is 9.59 Å². The van der Waals surface area contributed by atoms with Crippen LogP contribution in [-0.4, -0.2) is 40.8 Å². The van der Waals surface area contributed by atoms with Crippen molar-refractivity contribution in [2.24, 2.45) is 0 Å². The van der Waals surface area contributed by atoms with E-state index in [1.165, 1.54) is 0 Å². The summed E-state index contributed by atoms with van der Waals surface area (Å²) in [5, 5.41) is 2.81. The number of aryl methyl sites for hydroxylation is 2. The lowest BCUT2D eigenvalue weighted by molar-refractivity contribution is -0.124. The number of amides is 2. The fourth-order valence-corrected chi connectivity index (χ4v) is 2.29. The number of rotatable bonds is 1. The summed E-state index contributed by atoms with van der Waals surface area (Å²) in [6.45, 7) is 6.69. The zero-order valence-corrected chi connectivity index (χ0v) is 11.6. The molecule has 0 spiro atoms. The molecule has 1 aromatic heterocycles. The van der Waals surface area contributed by atoms with Crippen LogP contribution in [0.5, 0.6) is 0 Å². The summed E-state index contributed by atoms with van der Waals surface area (Å²) in [5.41, 5.74) is 2.17. The summed E-state index contributed by atoms with van der Waals surface area (Å²) in [5.74, 6) is -0.210. The predicted molar refractivity (Wildman–Crippen MR) is 71.8 cm³/mol. The van der Waals surface area contributed by atoms with Gasteiger partial charge in [0.15, 0.2) is 0 Å². The standard InChI is InChI=1S/C14H19N3O2/c1-9-5-6-12(10(2)16-9)14(19)17-8-4-7-15-13(18)11(17)3/h5-6,11H,4,7-8H2,1-3H3,(H,15,18). The number of hydrogen-bond donors (Lipinski definition) is 1. The number of hydrogen-bond acceptors (Lipinski definition) is 3. The van der Waals surface area contributed by atoms with E-state index in [1.807, 2.05) is 19.9 Å². The first-order valence-electron chi connectivity index (χ1n) is 6.53. The van der Waals surface area contributed by atoms with Crippen molar-refractivity contribution in [2.45, 2.75) is 33.2 Å². The number of pyridine rings is 1. The Hall–Kier alpha value is -1.91. The number of nitrogens with one attached hydrogen (secondary N) is 1. The second-order valence-electron chi connectivity index (χ2n) is 4.90. The van der Waals surface area contributed by atoms with Crippen LogP contribution in [0.4, 0.5) is 0 Å².